The topological polar surface area (TPSA) is 35.5 Å². The Morgan fingerprint density at radius 2 is 1.90 bits per heavy atom. The van der Waals surface area contributed by atoms with E-state index in [4.69, 9.17) is 9.47 Å². The highest BCUT2D eigenvalue weighted by Gasteiger charge is 2.06. The highest BCUT2D eigenvalue weighted by molar-refractivity contribution is 8.13. The van der Waals surface area contributed by atoms with Crippen molar-refractivity contribution in [1.29, 1.82) is 0 Å². The van der Waals surface area contributed by atoms with Crippen molar-refractivity contribution in [2.75, 3.05) is 19.7 Å². The van der Waals surface area contributed by atoms with Gasteiger partial charge in [0, 0.05) is 25.2 Å². The van der Waals surface area contributed by atoms with Crippen LogP contribution in [0.5, 0.6) is 5.75 Å². The molecule has 0 atom stereocenters. The van der Waals surface area contributed by atoms with Gasteiger partial charge in [-0.1, -0.05) is 42.1 Å². The van der Waals surface area contributed by atoms with Gasteiger partial charge in [-0.2, -0.15) is 0 Å². The summed E-state index contributed by atoms with van der Waals surface area (Å²) in [4.78, 5) is 11.0. The maximum Gasteiger partial charge on any atom is 0.188 e. The van der Waals surface area contributed by atoms with Crippen LogP contribution in [0.15, 0.2) is 36.4 Å². The lowest BCUT2D eigenvalue weighted by Gasteiger charge is -2.11. The minimum absolute atomic E-state index is 0.161. The number of ether oxygens (including phenoxy) is 2. The highest BCUT2D eigenvalue weighted by Crippen LogP contribution is 2.28. The lowest BCUT2D eigenvalue weighted by molar-refractivity contribution is -0.109. The van der Waals surface area contributed by atoms with Crippen LogP contribution in [-0.2, 0) is 16.0 Å². The zero-order valence-electron chi connectivity index (χ0n) is 11.7. The van der Waals surface area contributed by atoms with Crippen molar-refractivity contribution in [2.24, 2.45) is 0 Å². The third-order valence-corrected chi connectivity index (χ3v) is 3.80. The lowest BCUT2D eigenvalue weighted by atomic mass is 10.0. The predicted octanol–water partition coefficient (Wildman–Crippen LogP) is 3.64. The second-order valence-electron chi connectivity index (χ2n) is 4.41. The SMILES string of the molecule is COCOc1cccc2c(CCSC(C)=O)cccc12. The first-order valence-electron chi connectivity index (χ1n) is 6.48. The van der Waals surface area contributed by atoms with E-state index in [1.807, 2.05) is 24.3 Å². The molecule has 2 rings (SSSR count). The van der Waals surface area contributed by atoms with E-state index in [-0.39, 0.29) is 11.9 Å². The van der Waals surface area contributed by atoms with Crippen LogP contribution < -0.4 is 4.74 Å². The van der Waals surface area contributed by atoms with Crippen molar-refractivity contribution < 1.29 is 14.3 Å². The fourth-order valence-corrected chi connectivity index (χ4v) is 2.73. The Kier molecular flexibility index (Phi) is 5.44. The maximum absolute atomic E-state index is 11.0. The molecular weight excluding hydrogens is 272 g/mol. The summed E-state index contributed by atoms with van der Waals surface area (Å²) in [6.07, 6.45) is 0.870. The molecule has 2 aromatic rings. The minimum Gasteiger partial charge on any atom is -0.467 e. The summed E-state index contributed by atoms with van der Waals surface area (Å²) in [6.45, 7) is 1.84. The predicted molar refractivity (Wildman–Crippen MR) is 83.3 cm³/mol. The van der Waals surface area contributed by atoms with E-state index in [0.717, 1.165) is 23.3 Å². The van der Waals surface area contributed by atoms with E-state index >= 15 is 0 Å². The van der Waals surface area contributed by atoms with Crippen LogP contribution in [-0.4, -0.2) is 24.8 Å². The first-order chi connectivity index (χ1) is 9.72. The number of fused-ring (bicyclic) bond motifs is 1. The lowest BCUT2D eigenvalue weighted by Crippen LogP contribution is -2.00. The van der Waals surface area contributed by atoms with Crippen molar-refractivity contribution in [2.45, 2.75) is 13.3 Å². The van der Waals surface area contributed by atoms with Crippen LogP contribution >= 0.6 is 11.8 Å². The Morgan fingerprint density at radius 3 is 2.65 bits per heavy atom. The summed E-state index contributed by atoms with van der Waals surface area (Å²) in [6, 6.07) is 12.2. The smallest absolute Gasteiger partial charge is 0.188 e. The van der Waals surface area contributed by atoms with Gasteiger partial charge in [0.15, 0.2) is 11.9 Å². The van der Waals surface area contributed by atoms with Crippen LogP contribution in [0.4, 0.5) is 0 Å². The summed E-state index contributed by atoms with van der Waals surface area (Å²) < 4.78 is 10.5. The van der Waals surface area contributed by atoms with E-state index in [1.54, 1.807) is 14.0 Å². The Morgan fingerprint density at radius 1 is 1.15 bits per heavy atom. The van der Waals surface area contributed by atoms with E-state index < -0.39 is 0 Å². The van der Waals surface area contributed by atoms with Crippen molar-refractivity contribution >= 4 is 27.6 Å². The van der Waals surface area contributed by atoms with Crippen LogP contribution in [0, 0.1) is 0 Å². The molecule has 0 N–H and O–H groups in total. The quantitative estimate of drug-likeness (QED) is 0.761. The number of methoxy groups -OCH3 is 1. The molecule has 0 aromatic heterocycles. The molecule has 0 aliphatic heterocycles. The molecule has 0 amide bonds. The van der Waals surface area contributed by atoms with Crippen molar-refractivity contribution in [1.82, 2.24) is 0 Å². The van der Waals surface area contributed by atoms with E-state index in [9.17, 15) is 4.79 Å². The average Bonchev–Trinajstić information content (AvgIpc) is 2.45. The molecule has 4 heteroatoms. The molecule has 0 radical (unpaired) electrons. The number of hydrogen-bond donors (Lipinski definition) is 0. The first-order valence-corrected chi connectivity index (χ1v) is 7.46. The molecule has 0 aliphatic rings. The number of carbonyl (C=O) groups excluding carboxylic acids is 1. The Balaban J connectivity index is 2.25. The van der Waals surface area contributed by atoms with Gasteiger partial charge in [-0.05, 0) is 23.4 Å². The molecule has 0 saturated carbocycles. The van der Waals surface area contributed by atoms with Crippen LogP contribution in [0.3, 0.4) is 0 Å². The summed E-state index contributed by atoms with van der Waals surface area (Å²) in [5, 5.41) is 2.41. The van der Waals surface area contributed by atoms with Gasteiger partial charge < -0.3 is 9.47 Å². The second kappa shape index (κ2) is 7.31. The van der Waals surface area contributed by atoms with Gasteiger partial charge >= 0.3 is 0 Å². The number of rotatable bonds is 6. The summed E-state index contributed by atoms with van der Waals surface area (Å²) in [5.74, 6) is 1.63. The van der Waals surface area contributed by atoms with Gasteiger partial charge in [-0.15, -0.1) is 0 Å². The number of aryl methyl sites for hydroxylation is 1. The van der Waals surface area contributed by atoms with E-state index in [2.05, 4.69) is 12.1 Å². The standard InChI is InChI=1S/C16H18O3S/c1-12(17)20-10-9-13-5-3-7-15-14(13)6-4-8-16(15)19-11-18-2/h3-8H,9-11H2,1-2H3. The van der Waals surface area contributed by atoms with Gasteiger partial charge in [-0.3, -0.25) is 4.79 Å². The molecule has 20 heavy (non-hydrogen) atoms. The van der Waals surface area contributed by atoms with Crippen molar-refractivity contribution in [3.8, 4) is 5.75 Å². The van der Waals surface area contributed by atoms with Gasteiger partial charge in [0.2, 0.25) is 0 Å². The number of hydrogen-bond acceptors (Lipinski definition) is 4. The van der Waals surface area contributed by atoms with Gasteiger partial charge in [-0.25, -0.2) is 0 Å². The molecule has 0 heterocycles. The van der Waals surface area contributed by atoms with E-state index in [1.165, 1.54) is 22.7 Å². The second-order valence-corrected chi connectivity index (χ2v) is 5.68. The van der Waals surface area contributed by atoms with Gasteiger partial charge in [0.1, 0.15) is 5.75 Å². The molecule has 0 fully saturated rings. The van der Waals surface area contributed by atoms with Gasteiger partial charge in [0.05, 0.1) is 0 Å². The van der Waals surface area contributed by atoms with E-state index in [0.29, 0.717) is 0 Å². The molecule has 0 unspecified atom stereocenters. The fraction of sp³-hybridized carbons (Fsp3) is 0.312. The Hall–Kier alpha value is -1.52. The third-order valence-electron chi connectivity index (χ3n) is 2.98. The van der Waals surface area contributed by atoms with Crippen molar-refractivity contribution in [3.63, 3.8) is 0 Å². The molecule has 2 aromatic carbocycles. The summed E-state index contributed by atoms with van der Waals surface area (Å²) in [5.41, 5.74) is 1.24. The monoisotopic (exact) mass is 290 g/mol. The molecule has 0 saturated heterocycles. The largest absolute Gasteiger partial charge is 0.467 e. The Labute approximate surface area is 123 Å². The summed E-state index contributed by atoms with van der Waals surface area (Å²) >= 11 is 1.36. The fourth-order valence-electron chi connectivity index (χ4n) is 2.12. The summed E-state index contributed by atoms with van der Waals surface area (Å²) in [7, 11) is 1.61. The molecule has 0 bridgehead atoms. The third kappa shape index (κ3) is 3.74. The van der Waals surface area contributed by atoms with Crippen molar-refractivity contribution in [3.05, 3.63) is 42.0 Å². The van der Waals surface area contributed by atoms with Crippen LogP contribution in [0.25, 0.3) is 10.8 Å². The van der Waals surface area contributed by atoms with Crippen LogP contribution in [0.2, 0.25) is 0 Å². The highest BCUT2D eigenvalue weighted by atomic mass is 32.2. The molecular formula is C16H18O3S. The normalized spacial score (nSPS) is 10.7. The molecule has 106 valence electrons. The molecule has 3 nitrogen and oxygen atoms in total. The van der Waals surface area contributed by atoms with Gasteiger partial charge in [0.25, 0.3) is 0 Å². The number of thioether (sulfide) groups is 1. The zero-order valence-corrected chi connectivity index (χ0v) is 12.5. The average molecular weight is 290 g/mol. The first kappa shape index (κ1) is 14.9. The Bertz CT molecular complexity index is 595. The maximum atomic E-state index is 11.0. The van der Waals surface area contributed by atoms with Crippen LogP contribution in [0.1, 0.15) is 12.5 Å². The zero-order chi connectivity index (χ0) is 14.4. The minimum atomic E-state index is 0.161. The number of benzene rings is 2. The number of carbonyl (C=O) groups is 1. The molecule has 0 spiro atoms. The molecule has 0 aliphatic carbocycles.